The molecule has 300 valence electrons. The highest BCUT2D eigenvalue weighted by Crippen LogP contribution is 2.40. The van der Waals surface area contributed by atoms with Crippen LogP contribution in [0.5, 0.6) is 0 Å². The second-order valence-electron chi connectivity index (χ2n) is 14.1. The third kappa shape index (κ3) is 10.3. The number of Topliss-reactive ketones (excluding diaryl/α,β-unsaturated/α-hetero) is 1. The molecule has 2 aliphatic rings. The fraction of sp³-hybridized carbons (Fsp3) is 0.282. The van der Waals surface area contributed by atoms with Gasteiger partial charge in [0.2, 0.25) is 0 Å². The molecule has 0 atom stereocenters. The first-order valence-electron chi connectivity index (χ1n) is 18.8. The van der Waals surface area contributed by atoms with Crippen LogP contribution in [0.15, 0.2) is 86.0 Å². The van der Waals surface area contributed by atoms with Crippen molar-refractivity contribution in [2.24, 2.45) is 5.73 Å². The summed E-state index contributed by atoms with van der Waals surface area (Å²) in [6, 6.07) is 11.6. The maximum absolute atomic E-state index is 12.4. The molecule has 0 aliphatic heterocycles. The molecule has 10 rings (SSSR count). The van der Waals surface area contributed by atoms with Crippen LogP contribution < -0.4 is 5.73 Å². The smallest absolute Gasteiger partial charge is 0.358 e. The van der Waals surface area contributed by atoms with Gasteiger partial charge in [-0.25, -0.2) is 44.1 Å². The normalized spacial score (nSPS) is 13.5. The first-order valence-corrected chi connectivity index (χ1v) is 19.6. The van der Waals surface area contributed by atoms with E-state index in [-0.39, 0.29) is 17.9 Å². The minimum absolute atomic E-state index is 0.0604. The zero-order valence-corrected chi connectivity index (χ0v) is 33.0. The lowest BCUT2D eigenvalue weighted by molar-refractivity contribution is 0.0690. The van der Waals surface area contributed by atoms with Gasteiger partial charge in [-0.1, -0.05) is 45.8 Å². The van der Waals surface area contributed by atoms with Gasteiger partial charge in [0.05, 0.1) is 43.4 Å². The molecule has 8 aromatic rings. The molecule has 59 heavy (non-hydrogen) atoms. The number of halogens is 2. The quantitative estimate of drug-likeness (QED) is 0.118. The molecule has 0 bridgehead atoms. The minimum atomic E-state index is -1.08. The van der Waals surface area contributed by atoms with Crippen LogP contribution in [-0.4, -0.2) is 85.6 Å². The number of hydrogen-bond donors (Lipinski definition) is 2. The van der Waals surface area contributed by atoms with Gasteiger partial charge in [-0.3, -0.25) is 4.79 Å². The molecule has 0 saturated heterocycles. The number of nitrogens with zero attached hydrogens (tertiary/aromatic N) is 14. The molecule has 2 saturated carbocycles. The second kappa shape index (κ2) is 17.6. The van der Waals surface area contributed by atoms with Gasteiger partial charge >= 0.3 is 5.97 Å². The molecule has 8 aromatic heterocycles. The fourth-order valence-corrected chi connectivity index (χ4v) is 6.53. The Balaban J connectivity index is 0.000000140. The van der Waals surface area contributed by atoms with Gasteiger partial charge in [-0.2, -0.15) is 0 Å². The Hall–Kier alpha value is -6.50. The van der Waals surface area contributed by atoms with Crippen LogP contribution >= 0.6 is 23.2 Å². The predicted octanol–water partition coefficient (Wildman–Crippen LogP) is 5.25. The summed E-state index contributed by atoms with van der Waals surface area (Å²) in [6.07, 6.45) is 20.2. The Morgan fingerprint density at radius 2 is 1.17 bits per heavy atom. The Morgan fingerprint density at radius 1 is 0.661 bits per heavy atom. The molecule has 0 unspecified atom stereocenters. The van der Waals surface area contributed by atoms with Crippen molar-refractivity contribution in [3.8, 4) is 0 Å². The number of aromatic carboxylic acids is 1. The lowest BCUT2D eigenvalue weighted by atomic mass is 10.2. The van der Waals surface area contributed by atoms with E-state index in [0.29, 0.717) is 65.5 Å². The number of carbonyl (C=O) groups excluding carboxylic acids is 1. The number of imidazole rings is 2. The Kier molecular flexibility index (Phi) is 11.7. The van der Waals surface area contributed by atoms with Crippen molar-refractivity contribution in [2.45, 2.75) is 70.0 Å². The molecular weight excluding hydrogens is 797 g/mol. The number of pyridine rings is 2. The molecule has 20 heteroatoms. The summed E-state index contributed by atoms with van der Waals surface area (Å²) < 4.78 is 7.18. The molecule has 3 N–H and O–H groups in total. The second-order valence-corrected chi connectivity index (χ2v) is 14.9. The van der Waals surface area contributed by atoms with E-state index >= 15 is 0 Å². The molecule has 0 spiro atoms. The highest BCUT2D eigenvalue weighted by molar-refractivity contribution is 6.29. The van der Waals surface area contributed by atoms with E-state index < -0.39 is 5.97 Å². The Bertz CT molecular complexity index is 2750. The summed E-state index contributed by atoms with van der Waals surface area (Å²) in [4.78, 5) is 48.2. The van der Waals surface area contributed by atoms with Crippen LogP contribution in [0.25, 0.3) is 11.3 Å². The number of aromatic nitrogens is 14. The van der Waals surface area contributed by atoms with Gasteiger partial charge < -0.3 is 19.6 Å². The fourth-order valence-electron chi connectivity index (χ4n) is 6.22. The van der Waals surface area contributed by atoms with Gasteiger partial charge in [0.15, 0.2) is 11.5 Å². The molecule has 2 aliphatic carbocycles. The number of carboxylic acids is 1. The van der Waals surface area contributed by atoms with Crippen molar-refractivity contribution in [3.63, 3.8) is 0 Å². The van der Waals surface area contributed by atoms with Crippen LogP contribution in [0.4, 0.5) is 0 Å². The number of carbonyl (C=O) groups is 2. The first kappa shape index (κ1) is 39.3. The summed E-state index contributed by atoms with van der Waals surface area (Å²) in [7, 11) is 0. The number of hydrogen-bond acceptors (Lipinski definition) is 13. The average molecular weight is 835 g/mol. The van der Waals surface area contributed by atoms with Crippen molar-refractivity contribution >= 4 is 46.2 Å². The van der Waals surface area contributed by atoms with E-state index in [9.17, 15) is 9.59 Å². The van der Waals surface area contributed by atoms with Gasteiger partial charge in [0.25, 0.3) is 0 Å². The van der Waals surface area contributed by atoms with E-state index in [0.717, 1.165) is 22.7 Å². The maximum Gasteiger partial charge on any atom is 0.358 e. The number of aryl methyl sites for hydroxylation is 1. The van der Waals surface area contributed by atoms with Gasteiger partial charge in [0, 0.05) is 50.0 Å². The van der Waals surface area contributed by atoms with Crippen molar-refractivity contribution in [1.29, 1.82) is 0 Å². The lowest BCUT2D eigenvalue weighted by Gasteiger charge is -1.98. The van der Waals surface area contributed by atoms with Crippen molar-refractivity contribution in [1.82, 2.24) is 68.7 Å². The number of rotatable bonds is 12. The van der Waals surface area contributed by atoms with Gasteiger partial charge in [-0.15, -0.1) is 10.2 Å². The Labute approximate surface area is 346 Å². The average Bonchev–Trinajstić information content (AvgIpc) is 4.07. The monoisotopic (exact) mass is 833 g/mol. The summed E-state index contributed by atoms with van der Waals surface area (Å²) in [5.74, 6) is 1.32. The van der Waals surface area contributed by atoms with Crippen LogP contribution in [-0.2, 0) is 26.1 Å². The highest BCUT2D eigenvalue weighted by Gasteiger charge is 2.25. The van der Waals surface area contributed by atoms with E-state index in [1.54, 1.807) is 35.4 Å². The van der Waals surface area contributed by atoms with E-state index in [1.807, 2.05) is 28.9 Å². The SMILES string of the molecule is NCc1nccc(Cl)n1.O=C(CCc1nccc(Cl)n1)c1cn(Cc2cn3cc(C4CC4)ccc3n2)nn1.O=C(O)c1cn(Cc2cn3cc(C4CC4)ccc3n2)nn1. The molecule has 0 radical (unpaired) electrons. The summed E-state index contributed by atoms with van der Waals surface area (Å²) >= 11 is 11.4. The third-order valence-corrected chi connectivity index (χ3v) is 9.90. The largest absolute Gasteiger partial charge is 0.476 e. The number of nitrogens with two attached hydrogens (primary N) is 1. The number of ketones is 1. The van der Waals surface area contributed by atoms with Crippen LogP contribution in [0.2, 0.25) is 10.3 Å². The van der Waals surface area contributed by atoms with E-state index in [4.69, 9.17) is 34.0 Å². The molecule has 8 heterocycles. The Morgan fingerprint density at radius 3 is 1.64 bits per heavy atom. The van der Waals surface area contributed by atoms with Gasteiger partial charge in [-0.05, 0) is 72.9 Å². The van der Waals surface area contributed by atoms with Gasteiger partial charge in [0.1, 0.15) is 38.9 Å². The highest BCUT2D eigenvalue weighted by atomic mass is 35.5. The minimum Gasteiger partial charge on any atom is -0.476 e. The lowest BCUT2D eigenvalue weighted by Crippen LogP contribution is -2.04. The van der Waals surface area contributed by atoms with Crippen molar-refractivity contribution in [2.75, 3.05) is 0 Å². The zero-order chi connectivity index (χ0) is 40.9. The third-order valence-electron chi connectivity index (χ3n) is 9.48. The van der Waals surface area contributed by atoms with Crippen LogP contribution in [0.3, 0.4) is 0 Å². The number of carboxylic acid groups (broad SMARTS) is 1. The zero-order valence-electron chi connectivity index (χ0n) is 31.5. The number of fused-ring (bicyclic) bond motifs is 2. The van der Waals surface area contributed by atoms with Crippen molar-refractivity contribution in [3.05, 3.63) is 142 Å². The molecule has 18 nitrogen and oxygen atoms in total. The summed E-state index contributed by atoms with van der Waals surface area (Å²) in [6.45, 7) is 1.19. The molecular formula is C39H37Cl2N15O3. The maximum atomic E-state index is 12.4. The van der Waals surface area contributed by atoms with Crippen LogP contribution in [0.1, 0.15) is 99.1 Å². The first-order chi connectivity index (χ1) is 28.6. The summed E-state index contributed by atoms with van der Waals surface area (Å²) in [5.41, 5.74) is 11.7. The molecule has 0 amide bonds. The molecule has 2 fully saturated rings. The molecule has 0 aromatic carbocycles. The van der Waals surface area contributed by atoms with Crippen molar-refractivity contribution < 1.29 is 14.7 Å². The van der Waals surface area contributed by atoms with E-state index in [1.165, 1.54) is 47.7 Å². The standard InChI is InChI=1S/C20H18ClN7O.C14H13N5O2.C5H6ClN3/c21-18-7-8-22-19(24-18)5-4-17(29)16-12-28(26-25-16)11-15-10-27-9-14(13-1-2-13)3-6-20(27)23-15;20-14(21)12-8-19(17-16-12)7-11-6-18-5-10(9-1-2-9)3-4-13(18)15-11;6-4-1-2-8-5(3-7)9-4/h3,6-10,12-13H,1-2,4-5,11H2;3-6,8-9H,1-2,7H2,(H,20,21);1-2H,3,7H2. The van der Waals surface area contributed by atoms with Crippen LogP contribution in [0, 0.1) is 0 Å². The van der Waals surface area contributed by atoms with E-state index in [2.05, 4.69) is 79.5 Å². The topological polar surface area (TPSA) is 228 Å². The summed E-state index contributed by atoms with van der Waals surface area (Å²) in [5, 5.41) is 25.1. The predicted molar refractivity (Wildman–Crippen MR) is 214 cm³/mol.